The number of rotatable bonds is 14. The second kappa shape index (κ2) is 17.8. The summed E-state index contributed by atoms with van der Waals surface area (Å²) < 4.78 is 10.2. The Labute approximate surface area is 256 Å². The van der Waals surface area contributed by atoms with E-state index in [2.05, 4.69) is 31.1 Å². The van der Waals surface area contributed by atoms with Crippen LogP contribution in [0.15, 0.2) is 28.8 Å². The van der Waals surface area contributed by atoms with Gasteiger partial charge in [0.2, 0.25) is 23.5 Å². The number of aromatic nitrogens is 3. The van der Waals surface area contributed by atoms with Gasteiger partial charge in [-0.3, -0.25) is 24.0 Å². The predicted molar refractivity (Wildman–Crippen MR) is 158 cm³/mol. The topological polar surface area (TPSA) is 220 Å². The number of ketones is 1. The molecule has 0 radical (unpaired) electrons. The number of aliphatic carboxylic acids is 1. The van der Waals surface area contributed by atoms with Crippen LogP contribution in [0.4, 0.5) is 5.13 Å². The van der Waals surface area contributed by atoms with E-state index in [1.165, 1.54) is 13.8 Å². The largest absolute Gasteiger partial charge is 0.481 e. The van der Waals surface area contributed by atoms with E-state index in [1.807, 2.05) is 0 Å². The molecule has 0 saturated carbocycles. The molecule has 4 N–H and O–H groups in total. The SMILES string of the molecule is CC(=O)CC(=O)O.CC(=O)NCCCCOC(=O)c1sc(NC(=O)CCNC(=O)c2cccc(-c3noc(C)n3)c2)nc1C. The second-order valence-corrected chi connectivity index (χ2v) is 10.3. The molecule has 44 heavy (non-hydrogen) atoms. The summed E-state index contributed by atoms with van der Waals surface area (Å²) in [6.07, 6.45) is 0.957. The maximum atomic E-state index is 12.5. The third kappa shape index (κ3) is 12.9. The summed E-state index contributed by atoms with van der Waals surface area (Å²) >= 11 is 1.02. The van der Waals surface area contributed by atoms with Crippen LogP contribution in [0.25, 0.3) is 11.4 Å². The quantitative estimate of drug-likeness (QED) is 0.115. The third-order valence-corrected chi connectivity index (χ3v) is 6.41. The molecule has 0 fully saturated rings. The van der Waals surface area contributed by atoms with E-state index in [0.29, 0.717) is 52.8 Å². The molecule has 15 nitrogen and oxygen atoms in total. The van der Waals surface area contributed by atoms with Crippen molar-refractivity contribution in [1.82, 2.24) is 25.8 Å². The summed E-state index contributed by atoms with van der Waals surface area (Å²) in [5, 5.41) is 20.0. The molecule has 2 heterocycles. The van der Waals surface area contributed by atoms with Crippen LogP contribution in [0.3, 0.4) is 0 Å². The number of esters is 1. The van der Waals surface area contributed by atoms with Crippen LogP contribution < -0.4 is 16.0 Å². The lowest BCUT2D eigenvalue weighted by Crippen LogP contribution is -2.27. The highest BCUT2D eigenvalue weighted by Crippen LogP contribution is 2.23. The molecule has 0 aliphatic rings. The molecular weight excluding hydrogens is 596 g/mol. The minimum atomic E-state index is -1.06. The number of carbonyl (C=O) groups excluding carboxylic acids is 5. The number of nitrogens with zero attached hydrogens (tertiary/aromatic N) is 3. The molecule has 2 aromatic heterocycles. The van der Waals surface area contributed by atoms with Crippen molar-refractivity contribution in [3.8, 4) is 11.4 Å². The Bertz CT molecular complexity index is 1470. The Kier molecular flexibility index (Phi) is 14.3. The predicted octanol–water partition coefficient (Wildman–Crippen LogP) is 2.69. The van der Waals surface area contributed by atoms with E-state index in [4.69, 9.17) is 14.4 Å². The van der Waals surface area contributed by atoms with Gasteiger partial charge in [-0.2, -0.15) is 4.98 Å². The first-order valence-corrected chi connectivity index (χ1v) is 14.3. The molecule has 0 atom stereocenters. The first kappa shape index (κ1) is 35.2. The van der Waals surface area contributed by atoms with Gasteiger partial charge < -0.3 is 30.3 Å². The van der Waals surface area contributed by atoms with Crippen molar-refractivity contribution >= 4 is 51.9 Å². The Morgan fingerprint density at radius 2 is 1.75 bits per heavy atom. The van der Waals surface area contributed by atoms with Gasteiger partial charge in [0.25, 0.3) is 5.91 Å². The normalized spacial score (nSPS) is 10.2. The van der Waals surface area contributed by atoms with Crippen molar-refractivity contribution in [1.29, 1.82) is 0 Å². The zero-order valence-electron chi connectivity index (χ0n) is 24.7. The highest BCUT2D eigenvalue weighted by molar-refractivity contribution is 7.17. The fourth-order valence-electron chi connectivity index (χ4n) is 3.36. The number of carboxylic acids is 1. The van der Waals surface area contributed by atoms with Crippen LogP contribution in [0.5, 0.6) is 0 Å². The number of unbranched alkanes of at least 4 members (excludes halogenated alkanes) is 1. The summed E-state index contributed by atoms with van der Waals surface area (Å²) in [5.74, 6) is -1.89. The second-order valence-electron chi connectivity index (χ2n) is 9.30. The minimum absolute atomic E-state index is 0.0160. The molecule has 0 aliphatic heterocycles. The average molecular weight is 631 g/mol. The van der Waals surface area contributed by atoms with Gasteiger partial charge in [0.05, 0.1) is 12.3 Å². The van der Waals surface area contributed by atoms with Crippen LogP contribution in [-0.4, -0.2) is 75.4 Å². The standard InChI is InChI=1S/C24H28N6O6S.C4H6O3/c1-14-20(23(34)35-12-5-4-10-25-15(2)31)37-24(27-14)29-19(32)9-11-26-22(33)18-8-6-7-17(13-18)21-28-16(3)36-30-21;1-3(5)2-4(6)7/h6-8,13H,4-5,9-12H2,1-3H3,(H,25,31)(H,26,33)(H,27,29,32);2H2,1H3,(H,6,7). The maximum absolute atomic E-state index is 12.5. The number of carboxylic acid groups (broad SMARTS) is 1. The number of nitrogens with one attached hydrogen (secondary N) is 3. The van der Waals surface area contributed by atoms with E-state index in [1.54, 1.807) is 38.1 Å². The fraction of sp³-hybridized carbons (Fsp3) is 0.393. The summed E-state index contributed by atoms with van der Waals surface area (Å²) in [5.41, 5.74) is 1.49. The van der Waals surface area contributed by atoms with Crippen LogP contribution in [0.2, 0.25) is 0 Å². The highest BCUT2D eigenvalue weighted by Gasteiger charge is 2.18. The summed E-state index contributed by atoms with van der Waals surface area (Å²) in [6.45, 7) is 6.87. The first-order chi connectivity index (χ1) is 20.8. The Balaban J connectivity index is 0.000000860. The number of benzene rings is 1. The molecule has 0 aliphatic carbocycles. The number of carbonyl (C=O) groups is 6. The van der Waals surface area contributed by atoms with Crippen LogP contribution in [0.1, 0.15) is 71.1 Å². The maximum Gasteiger partial charge on any atom is 0.350 e. The van der Waals surface area contributed by atoms with Crippen LogP contribution >= 0.6 is 11.3 Å². The van der Waals surface area contributed by atoms with Gasteiger partial charge in [0.1, 0.15) is 17.1 Å². The van der Waals surface area contributed by atoms with E-state index in [-0.39, 0.29) is 54.6 Å². The van der Waals surface area contributed by atoms with Crippen molar-refractivity contribution in [2.45, 2.75) is 53.4 Å². The fourth-order valence-corrected chi connectivity index (χ4v) is 4.24. The molecule has 3 amide bonds. The van der Waals surface area contributed by atoms with Gasteiger partial charge in [-0.1, -0.05) is 28.6 Å². The molecule has 1 aromatic carbocycles. The number of hydrogen-bond donors (Lipinski definition) is 4. The van der Waals surface area contributed by atoms with Gasteiger partial charge in [-0.25, -0.2) is 9.78 Å². The number of aryl methyl sites for hydroxylation is 2. The Morgan fingerprint density at radius 3 is 2.36 bits per heavy atom. The zero-order valence-corrected chi connectivity index (χ0v) is 25.5. The molecule has 0 spiro atoms. The molecule has 3 aromatic rings. The van der Waals surface area contributed by atoms with Crippen LogP contribution in [-0.2, 0) is 23.9 Å². The van der Waals surface area contributed by atoms with E-state index >= 15 is 0 Å². The van der Waals surface area contributed by atoms with Gasteiger partial charge >= 0.3 is 11.9 Å². The number of thiazole rings is 1. The van der Waals surface area contributed by atoms with Gasteiger partial charge in [-0.05, 0) is 38.8 Å². The van der Waals surface area contributed by atoms with Crippen LogP contribution in [0, 0.1) is 13.8 Å². The van der Waals surface area contributed by atoms with Crippen molar-refractivity contribution in [3.63, 3.8) is 0 Å². The first-order valence-electron chi connectivity index (χ1n) is 13.4. The van der Waals surface area contributed by atoms with E-state index in [0.717, 1.165) is 11.3 Å². The van der Waals surface area contributed by atoms with Crippen molar-refractivity contribution in [2.24, 2.45) is 0 Å². The number of ether oxygens (including phenoxy) is 1. The van der Waals surface area contributed by atoms with Crippen molar-refractivity contribution in [3.05, 3.63) is 46.3 Å². The Hall–Kier alpha value is -4.99. The smallest absolute Gasteiger partial charge is 0.350 e. The third-order valence-electron chi connectivity index (χ3n) is 5.35. The molecular formula is C28H34N6O9S. The minimum Gasteiger partial charge on any atom is -0.481 e. The molecule has 0 saturated heterocycles. The summed E-state index contributed by atoms with van der Waals surface area (Å²) in [6, 6.07) is 6.76. The molecule has 0 unspecified atom stereocenters. The van der Waals surface area contributed by atoms with Crippen molar-refractivity contribution < 1.29 is 43.1 Å². The Morgan fingerprint density at radius 1 is 1.00 bits per heavy atom. The molecule has 0 bridgehead atoms. The number of anilines is 1. The lowest BCUT2D eigenvalue weighted by atomic mass is 10.1. The average Bonchev–Trinajstić information content (AvgIpc) is 3.54. The summed E-state index contributed by atoms with van der Waals surface area (Å²) in [4.78, 5) is 76.1. The van der Waals surface area contributed by atoms with Gasteiger partial charge in [0, 0.05) is 44.5 Å². The monoisotopic (exact) mass is 630 g/mol. The zero-order chi connectivity index (χ0) is 32.6. The summed E-state index contributed by atoms with van der Waals surface area (Å²) in [7, 11) is 0. The van der Waals surface area contributed by atoms with E-state index < -0.39 is 11.9 Å². The van der Waals surface area contributed by atoms with Gasteiger partial charge in [0.15, 0.2) is 5.13 Å². The molecule has 3 rings (SSSR count). The lowest BCUT2D eigenvalue weighted by Gasteiger charge is -2.06. The van der Waals surface area contributed by atoms with Crippen molar-refractivity contribution in [2.75, 3.05) is 25.0 Å². The highest BCUT2D eigenvalue weighted by atomic mass is 32.1. The molecule has 16 heteroatoms. The number of Topliss-reactive ketones (excluding diaryl/α,β-unsaturated/α-hetero) is 1. The van der Waals surface area contributed by atoms with Gasteiger partial charge in [-0.15, -0.1) is 0 Å². The van der Waals surface area contributed by atoms with E-state index in [9.17, 15) is 28.8 Å². The number of amides is 3. The number of hydrogen-bond acceptors (Lipinski definition) is 12. The lowest BCUT2D eigenvalue weighted by molar-refractivity contribution is -0.139. The molecule has 236 valence electrons.